The molecule has 1 aromatic rings. The molecule has 1 N–H and O–H groups in total. The van der Waals surface area contributed by atoms with Crippen LogP contribution in [-0.2, 0) is 11.2 Å². The summed E-state index contributed by atoms with van der Waals surface area (Å²) in [5.74, 6) is -0.140. The average Bonchev–Trinajstić information content (AvgIpc) is 2.74. The second-order valence-electron chi connectivity index (χ2n) is 5.48. The third kappa shape index (κ3) is 3.13. The second kappa shape index (κ2) is 5.70. The van der Waals surface area contributed by atoms with E-state index in [0.29, 0.717) is 6.42 Å². The number of hydrogen-bond acceptors (Lipinski definition) is 2. The van der Waals surface area contributed by atoms with Crippen molar-refractivity contribution in [2.75, 3.05) is 20.1 Å². The second-order valence-corrected chi connectivity index (χ2v) is 5.48. The molecule has 2 rings (SSSR count). The van der Waals surface area contributed by atoms with Crippen LogP contribution < -0.4 is 5.32 Å². The van der Waals surface area contributed by atoms with Gasteiger partial charge in [-0.3, -0.25) is 4.79 Å². The third-order valence-electron chi connectivity index (χ3n) is 3.88. The van der Waals surface area contributed by atoms with E-state index < -0.39 is 0 Å². The molecule has 0 aromatic heterocycles. The van der Waals surface area contributed by atoms with Gasteiger partial charge in [-0.05, 0) is 44.5 Å². The molecule has 1 aliphatic rings. The minimum absolute atomic E-state index is 0.0914. The summed E-state index contributed by atoms with van der Waals surface area (Å²) in [5, 5.41) is 3.16. The fourth-order valence-corrected chi connectivity index (χ4v) is 2.89. The fraction of sp³-hybridized carbons (Fsp3) is 0.533. The van der Waals surface area contributed by atoms with Gasteiger partial charge in [-0.2, -0.15) is 0 Å². The Kier molecular flexibility index (Phi) is 4.20. The van der Waals surface area contributed by atoms with Crippen LogP contribution in [0.3, 0.4) is 0 Å². The van der Waals surface area contributed by atoms with Gasteiger partial charge in [-0.25, -0.2) is 4.39 Å². The number of nitrogens with zero attached hydrogens (tertiary/aromatic N) is 1. The lowest BCUT2D eigenvalue weighted by molar-refractivity contribution is -0.133. The average molecular weight is 264 g/mol. The van der Waals surface area contributed by atoms with Crippen molar-refractivity contribution in [1.29, 1.82) is 0 Å². The zero-order valence-electron chi connectivity index (χ0n) is 11.6. The predicted octanol–water partition coefficient (Wildman–Crippen LogP) is 1.97. The van der Waals surface area contributed by atoms with E-state index in [1.54, 1.807) is 12.1 Å². The molecule has 1 fully saturated rings. The van der Waals surface area contributed by atoms with Gasteiger partial charge in [0.1, 0.15) is 5.82 Å². The van der Waals surface area contributed by atoms with Gasteiger partial charge in [0.25, 0.3) is 0 Å². The molecule has 1 saturated heterocycles. The number of hydrogen-bond donors (Lipinski definition) is 1. The third-order valence-corrected chi connectivity index (χ3v) is 3.88. The highest BCUT2D eigenvalue weighted by Crippen LogP contribution is 2.29. The Morgan fingerprint density at radius 2 is 2.11 bits per heavy atom. The van der Waals surface area contributed by atoms with Gasteiger partial charge >= 0.3 is 0 Å². The van der Waals surface area contributed by atoms with Gasteiger partial charge in [0, 0.05) is 13.1 Å². The molecule has 1 unspecified atom stereocenters. The van der Waals surface area contributed by atoms with Crippen molar-refractivity contribution in [3.63, 3.8) is 0 Å². The van der Waals surface area contributed by atoms with Crippen LogP contribution in [0.15, 0.2) is 24.3 Å². The normalized spacial score (nSPS) is 22.8. The van der Waals surface area contributed by atoms with E-state index in [-0.39, 0.29) is 17.3 Å². The van der Waals surface area contributed by atoms with Gasteiger partial charge in [0.05, 0.1) is 12.0 Å². The van der Waals surface area contributed by atoms with Crippen LogP contribution >= 0.6 is 0 Å². The van der Waals surface area contributed by atoms with Crippen LogP contribution in [0.1, 0.15) is 25.3 Å². The van der Waals surface area contributed by atoms with Crippen LogP contribution in [0.25, 0.3) is 0 Å². The highest BCUT2D eigenvalue weighted by molar-refractivity contribution is 5.79. The van der Waals surface area contributed by atoms with Crippen LogP contribution in [0, 0.1) is 5.82 Å². The summed E-state index contributed by atoms with van der Waals surface area (Å²) in [5.41, 5.74) is 0.774. The molecule has 0 saturated carbocycles. The highest BCUT2D eigenvalue weighted by atomic mass is 19.1. The minimum atomic E-state index is -0.266. The lowest BCUT2D eigenvalue weighted by Crippen LogP contribution is -2.51. The van der Waals surface area contributed by atoms with E-state index in [1.165, 1.54) is 12.1 Å². The van der Waals surface area contributed by atoms with Crippen molar-refractivity contribution < 1.29 is 9.18 Å². The zero-order valence-corrected chi connectivity index (χ0v) is 11.6. The summed E-state index contributed by atoms with van der Waals surface area (Å²) < 4.78 is 12.8. The van der Waals surface area contributed by atoms with Gasteiger partial charge in [0.15, 0.2) is 0 Å². The maximum Gasteiger partial charge on any atom is 0.227 e. The van der Waals surface area contributed by atoms with Gasteiger partial charge < -0.3 is 10.2 Å². The first kappa shape index (κ1) is 14.0. The number of benzene rings is 1. The van der Waals surface area contributed by atoms with Crippen LogP contribution in [0.5, 0.6) is 0 Å². The predicted molar refractivity (Wildman–Crippen MR) is 73.4 cm³/mol. The summed E-state index contributed by atoms with van der Waals surface area (Å²) in [6, 6.07) is 6.16. The van der Waals surface area contributed by atoms with Crippen LogP contribution in [-0.4, -0.2) is 36.5 Å². The van der Waals surface area contributed by atoms with Crippen molar-refractivity contribution in [2.24, 2.45) is 0 Å². The maximum absolute atomic E-state index is 12.8. The van der Waals surface area contributed by atoms with Crippen molar-refractivity contribution in [1.82, 2.24) is 10.2 Å². The first-order valence-electron chi connectivity index (χ1n) is 6.75. The Bertz CT molecular complexity index is 446. The monoisotopic (exact) mass is 264 g/mol. The van der Waals surface area contributed by atoms with Crippen molar-refractivity contribution >= 4 is 5.91 Å². The number of nitrogens with one attached hydrogen (secondary N) is 1. The van der Waals surface area contributed by atoms with Gasteiger partial charge in [-0.15, -0.1) is 0 Å². The number of likely N-dealkylation sites (tertiary alicyclic amines) is 1. The molecule has 1 heterocycles. The SMILES string of the molecule is CNCC1(C)CCCN1C(=O)Cc1ccc(F)cc1. The topological polar surface area (TPSA) is 32.3 Å². The molecule has 104 valence electrons. The fourth-order valence-electron chi connectivity index (χ4n) is 2.89. The number of carbonyl (C=O) groups is 1. The molecule has 0 bridgehead atoms. The first-order chi connectivity index (χ1) is 9.05. The number of carbonyl (C=O) groups excluding carboxylic acids is 1. The number of amides is 1. The lowest BCUT2D eigenvalue weighted by atomic mass is 9.98. The quantitative estimate of drug-likeness (QED) is 0.901. The lowest BCUT2D eigenvalue weighted by Gasteiger charge is -2.35. The molecule has 1 atom stereocenters. The maximum atomic E-state index is 12.8. The van der Waals surface area contributed by atoms with Crippen molar-refractivity contribution in [2.45, 2.75) is 31.7 Å². The molecular weight excluding hydrogens is 243 g/mol. The van der Waals surface area contributed by atoms with Crippen molar-refractivity contribution in [3.8, 4) is 0 Å². The summed E-state index contributed by atoms with van der Waals surface area (Å²) in [6.45, 7) is 3.75. The highest BCUT2D eigenvalue weighted by Gasteiger charge is 2.38. The number of rotatable bonds is 4. The molecule has 0 spiro atoms. The van der Waals surface area contributed by atoms with E-state index in [4.69, 9.17) is 0 Å². The molecule has 19 heavy (non-hydrogen) atoms. The summed E-state index contributed by atoms with van der Waals surface area (Å²) in [7, 11) is 1.91. The van der Waals surface area contributed by atoms with E-state index in [1.807, 2.05) is 11.9 Å². The van der Waals surface area contributed by atoms with E-state index in [0.717, 1.165) is 31.5 Å². The van der Waals surface area contributed by atoms with Crippen molar-refractivity contribution in [3.05, 3.63) is 35.6 Å². The molecule has 1 aliphatic heterocycles. The summed E-state index contributed by atoms with van der Waals surface area (Å²) in [4.78, 5) is 14.4. The Balaban J connectivity index is 2.05. The summed E-state index contributed by atoms with van der Waals surface area (Å²) >= 11 is 0. The molecule has 4 heteroatoms. The molecular formula is C15H21FN2O. The number of halogens is 1. The standard InChI is InChI=1S/C15H21FN2O/c1-15(11-17-2)8-3-9-18(15)14(19)10-12-4-6-13(16)7-5-12/h4-7,17H,3,8-11H2,1-2H3. The molecule has 1 aromatic carbocycles. The van der Waals surface area contributed by atoms with E-state index in [2.05, 4.69) is 12.2 Å². The Morgan fingerprint density at radius 1 is 1.42 bits per heavy atom. The molecule has 1 amide bonds. The molecule has 0 aliphatic carbocycles. The summed E-state index contributed by atoms with van der Waals surface area (Å²) in [6.07, 6.45) is 2.43. The first-order valence-corrected chi connectivity index (χ1v) is 6.75. The van der Waals surface area contributed by atoms with Gasteiger partial charge in [-0.1, -0.05) is 12.1 Å². The molecule has 3 nitrogen and oxygen atoms in total. The van der Waals surface area contributed by atoms with Crippen LogP contribution in [0.4, 0.5) is 4.39 Å². The Hall–Kier alpha value is -1.42. The van der Waals surface area contributed by atoms with Gasteiger partial charge in [0.2, 0.25) is 5.91 Å². The Labute approximate surface area is 113 Å². The minimum Gasteiger partial charge on any atom is -0.336 e. The number of likely N-dealkylation sites (N-methyl/N-ethyl adjacent to an activating group) is 1. The zero-order chi connectivity index (χ0) is 13.9. The van der Waals surface area contributed by atoms with E-state index in [9.17, 15) is 9.18 Å². The molecule has 0 radical (unpaired) electrons. The Morgan fingerprint density at radius 3 is 2.74 bits per heavy atom. The largest absolute Gasteiger partial charge is 0.336 e. The van der Waals surface area contributed by atoms with Crippen LogP contribution in [0.2, 0.25) is 0 Å². The smallest absolute Gasteiger partial charge is 0.227 e. The van der Waals surface area contributed by atoms with E-state index >= 15 is 0 Å².